The highest BCUT2D eigenvalue weighted by atomic mass is 16.5. The number of carboxylic acids is 1. The van der Waals surface area contributed by atoms with E-state index in [1.807, 2.05) is 0 Å². The first-order valence-electron chi connectivity index (χ1n) is 6.32. The Bertz CT molecular complexity index is 556. The predicted molar refractivity (Wildman–Crippen MR) is 71.0 cm³/mol. The van der Waals surface area contributed by atoms with E-state index in [2.05, 4.69) is 0 Å². The lowest BCUT2D eigenvalue weighted by atomic mass is 9.98. The van der Waals surface area contributed by atoms with Crippen LogP contribution in [0.5, 0.6) is 11.5 Å². The monoisotopic (exact) mass is 279 g/mol. The molecule has 0 saturated carbocycles. The summed E-state index contributed by atoms with van der Waals surface area (Å²) in [5, 5.41) is 19.0. The number of rotatable bonds is 3. The van der Waals surface area contributed by atoms with Gasteiger partial charge in [-0.05, 0) is 38.0 Å². The molecule has 0 radical (unpaired) electrons. The number of hydrogen-bond acceptors (Lipinski definition) is 4. The molecule has 1 saturated heterocycles. The topological polar surface area (TPSA) is 87.1 Å². The van der Waals surface area contributed by atoms with Crippen molar-refractivity contribution in [2.75, 3.05) is 13.7 Å². The first-order chi connectivity index (χ1) is 9.40. The SMILES string of the molecule is COc1ccc(C(=O)N2CCCC2(C)C(=O)O)cc1O. The van der Waals surface area contributed by atoms with Crippen LogP contribution < -0.4 is 4.74 Å². The van der Waals surface area contributed by atoms with Crippen LogP contribution in [0.4, 0.5) is 0 Å². The molecule has 6 heteroatoms. The molecule has 1 aromatic rings. The molecule has 0 aromatic heterocycles. The number of nitrogens with zero attached hydrogens (tertiary/aromatic N) is 1. The fraction of sp³-hybridized carbons (Fsp3) is 0.429. The Morgan fingerprint density at radius 1 is 1.40 bits per heavy atom. The minimum absolute atomic E-state index is 0.144. The summed E-state index contributed by atoms with van der Waals surface area (Å²) in [5.41, 5.74) is -0.940. The smallest absolute Gasteiger partial charge is 0.329 e. The first kappa shape index (κ1) is 14.2. The third kappa shape index (κ3) is 2.17. The van der Waals surface area contributed by atoms with Crippen LogP contribution in [-0.2, 0) is 4.79 Å². The number of methoxy groups -OCH3 is 1. The molecule has 1 heterocycles. The number of likely N-dealkylation sites (tertiary alicyclic amines) is 1. The summed E-state index contributed by atoms with van der Waals surface area (Å²) in [6.07, 6.45) is 1.08. The lowest BCUT2D eigenvalue weighted by Crippen LogP contribution is -2.50. The van der Waals surface area contributed by atoms with Crippen molar-refractivity contribution in [1.82, 2.24) is 4.90 Å². The van der Waals surface area contributed by atoms with Crippen molar-refractivity contribution < 1.29 is 24.5 Å². The largest absolute Gasteiger partial charge is 0.504 e. The highest BCUT2D eigenvalue weighted by Crippen LogP contribution is 2.32. The second kappa shape index (κ2) is 5.03. The Hall–Kier alpha value is -2.24. The molecule has 0 bridgehead atoms. The molecule has 0 spiro atoms. The maximum atomic E-state index is 12.4. The molecule has 1 aromatic carbocycles. The predicted octanol–water partition coefficient (Wildman–Crippen LogP) is 1.48. The maximum absolute atomic E-state index is 12.4. The van der Waals surface area contributed by atoms with Gasteiger partial charge >= 0.3 is 5.97 Å². The van der Waals surface area contributed by atoms with E-state index in [9.17, 15) is 19.8 Å². The molecule has 2 N–H and O–H groups in total. The Morgan fingerprint density at radius 3 is 2.65 bits per heavy atom. The molecule has 1 amide bonds. The first-order valence-corrected chi connectivity index (χ1v) is 6.32. The van der Waals surface area contributed by atoms with Gasteiger partial charge in [-0.25, -0.2) is 4.79 Å². The van der Waals surface area contributed by atoms with Gasteiger partial charge in [0.05, 0.1) is 7.11 Å². The molecule has 0 aliphatic carbocycles. The van der Waals surface area contributed by atoms with Gasteiger partial charge in [0.15, 0.2) is 11.5 Å². The number of aliphatic carboxylic acids is 1. The molecule has 1 atom stereocenters. The summed E-state index contributed by atoms with van der Waals surface area (Å²) in [6.45, 7) is 1.94. The molecule has 20 heavy (non-hydrogen) atoms. The normalized spacial score (nSPS) is 21.8. The molecule has 1 aliphatic rings. The van der Waals surface area contributed by atoms with Gasteiger partial charge in [0.1, 0.15) is 5.54 Å². The van der Waals surface area contributed by atoms with Gasteiger partial charge in [0, 0.05) is 12.1 Å². The lowest BCUT2D eigenvalue weighted by Gasteiger charge is -2.31. The van der Waals surface area contributed by atoms with E-state index in [0.29, 0.717) is 19.4 Å². The van der Waals surface area contributed by atoms with E-state index in [0.717, 1.165) is 0 Å². The highest BCUT2D eigenvalue weighted by Gasteiger charge is 2.46. The Morgan fingerprint density at radius 2 is 2.10 bits per heavy atom. The molecular weight excluding hydrogens is 262 g/mol. The van der Waals surface area contributed by atoms with Gasteiger partial charge in [-0.2, -0.15) is 0 Å². The molecule has 6 nitrogen and oxygen atoms in total. The molecular formula is C14H17NO5. The van der Waals surface area contributed by atoms with Gasteiger partial charge in [-0.15, -0.1) is 0 Å². The van der Waals surface area contributed by atoms with E-state index in [4.69, 9.17) is 4.74 Å². The average molecular weight is 279 g/mol. The van der Waals surface area contributed by atoms with Crippen LogP contribution in [0.2, 0.25) is 0 Å². The summed E-state index contributed by atoms with van der Waals surface area (Å²) in [5.74, 6) is -1.29. The molecule has 1 aliphatic heterocycles. The van der Waals surface area contributed by atoms with Gasteiger partial charge in [-0.1, -0.05) is 0 Å². The third-order valence-electron chi connectivity index (χ3n) is 3.77. The summed E-state index contributed by atoms with van der Waals surface area (Å²) < 4.78 is 4.92. The minimum Gasteiger partial charge on any atom is -0.504 e. The van der Waals surface area contributed by atoms with Gasteiger partial charge in [0.2, 0.25) is 0 Å². The van der Waals surface area contributed by atoms with Crippen LogP contribution in [0, 0.1) is 0 Å². The molecule has 2 rings (SSSR count). The summed E-state index contributed by atoms with van der Waals surface area (Å²) in [7, 11) is 1.42. The number of amides is 1. The summed E-state index contributed by atoms with van der Waals surface area (Å²) in [6, 6.07) is 4.29. The van der Waals surface area contributed by atoms with Gasteiger partial charge in [0.25, 0.3) is 5.91 Å². The second-order valence-corrected chi connectivity index (χ2v) is 5.03. The van der Waals surface area contributed by atoms with Gasteiger partial charge < -0.3 is 19.8 Å². The van der Waals surface area contributed by atoms with Crippen molar-refractivity contribution in [3.8, 4) is 11.5 Å². The van der Waals surface area contributed by atoms with E-state index >= 15 is 0 Å². The van der Waals surface area contributed by atoms with Crippen LogP contribution in [0.1, 0.15) is 30.1 Å². The lowest BCUT2D eigenvalue weighted by molar-refractivity contribution is -0.147. The zero-order valence-corrected chi connectivity index (χ0v) is 11.4. The summed E-state index contributed by atoms with van der Waals surface area (Å²) in [4.78, 5) is 25.1. The zero-order chi connectivity index (χ0) is 14.9. The van der Waals surface area contributed by atoms with Crippen molar-refractivity contribution in [2.45, 2.75) is 25.3 Å². The van der Waals surface area contributed by atoms with Crippen molar-refractivity contribution in [3.63, 3.8) is 0 Å². The number of benzene rings is 1. The second-order valence-electron chi connectivity index (χ2n) is 5.03. The van der Waals surface area contributed by atoms with Crippen LogP contribution in [0.15, 0.2) is 18.2 Å². The maximum Gasteiger partial charge on any atom is 0.329 e. The molecule has 108 valence electrons. The Balaban J connectivity index is 2.32. The van der Waals surface area contributed by atoms with Crippen LogP contribution in [0.25, 0.3) is 0 Å². The quantitative estimate of drug-likeness (QED) is 0.875. The van der Waals surface area contributed by atoms with Crippen molar-refractivity contribution >= 4 is 11.9 Å². The number of ether oxygens (including phenoxy) is 1. The standard InChI is InChI=1S/C14H17NO5/c1-14(13(18)19)6-3-7-15(14)12(17)9-4-5-11(20-2)10(16)8-9/h4-5,8,16H,3,6-7H2,1-2H3,(H,18,19). The zero-order valence-electron chi connectivity index (χ0n) is 11.4. The van der Waals surface area contributed by atoms with Crippen LogP contribution >= 0.6 is 0 Å². The fourth-order valence-electron chi connectivity index (χ4n) is 2.49. The highest BCUT2D eigenvalue weighted by molar-refractivity contribution is 5.98. The number of phenolic OH excluding ortho intramolecular Hbond substituents is 1. The number of phenols is 1. The van der Waals surface area contributed by atoms with E-state index in [-0.39, 0.29) is 17.1 Å². The van der Waals surface area contributed by atoms with E-state index in [1.165, 1.54) is 30.2 Å². The number of carboxylic acid groups (broad SMARTS) is 1. The fourth-order valence-corrected chi connectivity index (χ4v) is 2.49. The number of carbonyl (C=O) groups excluding carboxylic acids is 1. The minimum atomic E-state index is -1.19. The van der Waals surface area contributed by atoms with E-state index < -0.39 is 17.4 Å². The molecule has 1 fully saturated rings. The Kier molecular flexibility index (Phi) is 3.57. The Labute approximate surface area is 116 Å². The number of carbonyl (C=O) groups is 2. The van der Waals surface area contributed by atoms with Crippen LogP contribution in [0.3, 0.4) is 0 Å². The van der Waals surface area contributed by atoms with Crippen LogP contribution in [-0.4, -0.2) is 46.2 Å². The molecule has 1 unspecified atom stereocenters. The van der Waals surface area contributed by atoms with E-state index in [1.54, 1.807) is 6.92 Å². The van der Waals surface area contributed by atoms with Crippen molar-refractivity contribution in [3.05, 3.63) is 23.8 Å². The number of hydrogen-bond donors (Lipinski definition) is 2. The summed E-state index contributed by atoms with van der Waals surface area (Å²) >= 11 is 0. The average Bonchev–Trinajstić information content (AvgIpc) is 2.81. The van der Waals surface area contributed by atoms with Crippen molar-refractivity contribution in [1.29, 1.82) is 0 Å². The van der Waals surface area contributed by atoms with Gasteiger partial charge in [-0.3, -0.25) is 4.79 Å². The van der Waals surface area contributed by atoms with Crippen molar-refractivity contribution in [2.24, 2.45) is 0 Å². The number of aromatic hydroxyl groups is 1. The third-order valence-corrected chi connectivity index (χ3v) is 3.77.